The molecule has 0 aromatic carbocycles. The minimum Gasteiger partial charge on any atom is -0.461 e. The molecule has 0 aromatic rings. The van der Waals surface area contributed by atoms with Crippen LogP contribution < -0.4 is 11.1 Å². The van der Waals surface area contributed by atoms with Crippen molar-refractivity contribution >= 4 is 5.97 Å². The third-order valence-electron chi connectivity index (χ3n) is 3.81. The van der Waals surface area contributed by atoms with E-state index in [0.717, 1.165) is 32.4 Å². The Bertz CT molecular complexity index is 278. The fourth-order valence-electron chi connectivity index (χ4n) is 2.33. The lowest BCUT2D eigenvalue weighted by Gasteiger charge is -2.41. The van der Waals surface area contributed by atoms with Crippen LogP contribution in [0, 0.1) is 10.8 Å². The lowest BCUT2D eigenvalue weighted by molar-refractivity contribution is -0.167. The number of rotatable bonds is 4. The van der Waals surface area contributed by atoms with Gasteiger partial charge < -0.3 is 15.8 Å². The molecular weight excluding hydrogens is 228 g/mol. The molecule has 1 atom stereocenters. The standard InChI is InChI=1S/C14H28N2O2/c1-13(2,3)12(17)18-11(5-8-15)14(4)6-9-16-10-7-14/h11,16H,5-10,15H2,1-4H3. The number of carbonyl (C=O) groups is 1. The second-order valence-electron chi connectivity index (χ2n) is 6.63. The summed E-state index contributed by atoms with van der Waals surface area (Å²) in [7, 11) is 0. The van der Waals surface area contributed by atoms with Crippen LogP contribution in [0.15, 0.2) is 0 Å². The lowest BCUT2D eigenvalue weighted by Crippen LogP contribution is -2.46. The van der Waals surface area contributed by atoms with E-state index in [1.54, 1.807) is 0 Å². The summed E-state index contributed by atoms with van der Waals surface area (Å²) in [5.74, 6) is -0.124. The molecule has 0 saturated carbocycles. The maximum Gasteiger partial charge on any atom is 0.311 e. The number of nitrogens with one attached hydrogen (secondary N) is 1. The molecule has 1 fully saturated rings. The van der Waals surface area contributed by atoms with Crippen LogP contribution in [0.2, 0.25) is 0 Å². The second kappa shape index (κ2) is 6.02. The molecule has 0 aromatic heterocycles. The molecule has 4 heteroatoms. The van der Waals surface area contributed by atoms with Crippen molar-refractivity contribution in [2.45, 2.75) is 53.1 Å². The number of ether oxygens (including phenoxy) is 1. The van der Waals surface area contributed by atoms with Gasteiger partial charge in [-0.05, 0) is 59.7 Å². The lowest BCUT2D eigenvalue weighted by atomic mass is 9.74. The predicted molar refractivity (Wildman–Crippen MR) is 73.2 cm³/mol. The Morgan fingerprint density at radius 2 is 1.94 bits per heavy atom. The Morgan fingerprint density at radius 1 is 1.39 bits per heavy atom. The maximum atomic E-state index is 12.1. The van der Waals surface area contributed by atoms with E-state index in [0.29, 0.717) is 6.54 Å². The number of hydrogen-bond donors (Lipinski definition) is 2. The first-order chi connectivity index (χ1) is 8.29. The fraction of sp³-hybridized carbons (Fsp3) is 0.929. The highest BCUT2D eigenvalue weighted by molar-refractivity contribution is 5.75. The molecule has 4 nitrogen and oxygen atoms in total. The summed E-state index contributed by atoms with van der Waals surface area (Å²) in [5.41, 5.74) is 5.29. The number of hydrogen-bond acceptors (Lipinski definition) is 4. The zero-order valence-corrected chi connectivity index (χ0v) is 12.2. The average Bonchev–Trinajstić information content (AvgIpc) is 2.28. The fourth-order valence-corrected chi connectivity index (χ4v) is 2.33. The van der Waals surface area contributed by atoms with Crippen molar-refractivity contribution in [2.24, 2.45) is 16.6 Å². The molecule has 1 rings (SSSR count). The van der Waals surface area contributed by atoms with Crippen molar-refractivity contribution in [3.63, 3.8) is 0 Å². The number of esters is 1. The molecule has 0 amide bonds. The van der Waals surface area contributed by atoms with Crippen LogP contribution in [0.4, 0.5) is 0 Å². The highest BCUT2D eigenvalue weighted by atomic mass is 16.5. The van der Waals surface area contributed by atoms with Crippen LogP contribution in [0.5, 0.6) is 0 Å². The van der Waals surface area contributed by atoms with Gasteiger partial charge >= 0.3 is 5.97 Å². The van der Waals surface area contributed by atoms with E-state index in [-0.39, 0.29) is 17.5 Å². The van der Waals surface area contributed by atoms with E-state index < -0.39 is 5.41 Å². The molecule has 1 heterocycles. The number of nitrogens with two attached hydrogens (primary N) is 1. The first-order valence-electron chi connectivity index (χ1n) is 6.91. The molecule has 106 valence electrons. The van der Waals surface area contributed by atoms with Crippen LogP contribution >= 0.6 is 0 Å². The Labute approximate surface area is 111 Å². The predicted octanol–water partition coefficient (Wildman–Crippen LogP) is 1.68. The summed E-state index contributed by atoms with van der Waals surface area (Å²) in [6.07, 6.45) is 2.76. The highest BCUT2D eigenvalue weighted by Crippen LogP contribution is 2.36. The Kier molecular flexibility index (Phi) is 5.17. The van der Waals surface area contributed by atoms with E-state index in [1.165, 1.54) is 0 Å². The van der Waals surface area contributed by atoms with Gasteiger partial charge in [0.2, 0.25) is 0 Å². The smallest absolute Gasteiger partial charge is 0.311 e. The second-order valence-corrected chi connectivity index (χ2v) is 6.63. The molecule has 3 N–H and O–H groups in total. The third kappa shape index (κ3) is 3.95. The summed E-state index contributed by atoms with van der Waals surface area (Å²) in [4.78, 5) is 12.1. The quantitative estimate of drug-likeness (QED) is 0.751. The molecule has 0 spiro atoms. The van der Waals surface area contributed by atoms with Gasteiger partial charge in [-0.25, -0.2) is 0 Å². The van der Waals surface area contributed by atoms with Crippen LogP contribution in [0.25, 0.3) is 0 Å². The summed E-state index contributed by atoms with van der Waals surface area (Å²) >= 11 is 0. The molecule has 1 aliphatic rings. The summed E-state index contributed by atoms with van der Waals surface area (Å²) in [6, 6.07) is 0. The van der Waals surface area contributed by atoms with Crippen molar-refractivity contribution in [3.8, 4) is 0 Å². The number of piperidine rings is 1. The zero-order chi connectivity index (χ0) is 13.8. The van der Waals surface area contributed by atoms with Crippen molar-refractivity contribution < 1.29 is 9.53 Å². The largest absolute Gasteiger partial charge is 0.461 e. The number of carbonyl (C=O) groups excluding carboxylic acids is 1. The minimum absolute atomic E-state index is 0.0590. The van der Waals surface area contributed by atoms with Gasteiger partial charge in [0.15, 0.2) is 0 Å². The first-order valence-corrected chi connectivity index (χ1v) is 6.91. The molecular formula is C14H28N2O2. The van der Waals surface area contributed by atoms with Crippen molar-refractivity contribution in [1.82, 2.24) is 5.32 Å². The Balaban J connectivity index is 2.72. The Morgan fingerprint density at radius 3 is 2.39 bits per heavy atom. The first kappa shape index (κ1) is 15.4. The average molecular weight is 256 g/mol. The normalized spacial score (nSPS) is 21.4. The summed E-state index contributed by atoms with van der Waals surface area (Å²) < 4.78 is 5.75. The van der Waals surface area contributed by atoms with Gasteiger partial charge in [0.1, 0.15) is 6.10 Å². The van der Waals surface area contributed by atoms with E-state index in [9.17, 15) is 4.79 Å². The maximum absolute atomic E-state index is 12.1. The van der Waals surface area contributed by atoms with Gasteiger partial charge in [0.05, 0.1) is 5.41 Å². The van der Waals surface area contributed by atoms with E-state index >= 15 is 0 Å². The van der Waals surface area contributed by atoms with Gasteiger partial charge in [0.25, 0.3) is 0 Å². The van der Waals surface area contributed by atoms with Gasteiger partial charge in [0, 0.05) is 5.41 Å². The Hall–Kier alpha value is -0.610. The van der Waals surface area contributed by atoms with Gasteiger partial charge in [-0.1, -0.05) is 6.92 Å². The van der Waals surface area contributed by atoms with Gasteiger partial charge in [-0.2, -0.15) is 0 Å². The molecule has 1 saturated heterocycles. The van der Waals surface area contributed by atoms with Gasteiger partial charge in [-0.15, -0.1) is 0 Å². The van der Waals surface area contributed by atoms with Crippen LogP contribution in [-0.4, -0.2) is 31.7 Å². The van der Waals surface area contributed by atoms with Crippen molar-refractivity contribution in [2.75, 3.05) is 19.6 Å². The van der Waals surface area contributed by atoms with E-state index in [2.05, 4.69) is 12.2 Å². The minimum atomic E-state index is -0.448. The monoisotopic (exact) mass is 256 g/mol. The summed E-state index contributed by atoms with van der Waals surface area (Å²) in [5, 5.41) is 3.35. The van der Waals surface area contributed by atoms with Crippen LogP contribution in [0.3, 0.4) is 0 Å². The SMILES string of the molecule is CC(C)(C)C(=O)OC(CCN)C1(C)CCNCC1. The van der Waals surface area contributed by atoms with Crippen LogP contribution in [-0.2, 0) is 9.53 Å². The van der Waals surface area contributed by atoms with Crippen LogP contribution in [0.1, 0.15) is 47.0 Å². The molecule has 1 unspecified atom stereocenters. The van der Waals surface area contributed by atoms with E-state index in [4.69, 9.17) is 10.5 Å². The topological polar surface area (TPSA) is 64.3 Å². The molecule has 0 radical (unpaired) electrons. The van der Waals surface area contributed by atoms with E-state index in [1.807, 2.05) is 20.8 Å². The zero-order valence-electron chi connectivity index (χ0n) is 12.2. The van der Waals surface area contributed by atoms with Gasteiger partial charge in [-0.3, -0.25) is 4.79 Å². The highest BCUT2D eigenvalue weighted by Gasteiger charge is 2.39. The molecule has 0 aliphatic carbocycles. The molecule has 18 heavy (non-hydrogen) atoms. The molecule has 1 aliphatic heterocycles. The third-order valence-corrected chi connectivity index (χ3v) is 3.81. The molecule has 0 bridgehead atoms. The van der Waals surface area contributed by atoms with Crippen molar-refractivity contribution in [3.05, 3.63) is 0 Å². The van der Waals surface area contributed by atoms with Crippen molar-refractivity contribution in [1.29, 1.82) is 0 Å². The summed E-state index contributed by atoms with van der Waals surface area (Å²) in [6.45, 7) is 10.4.